The summed E-state index contributed by atoms with van der Waals surface area (Å²) in [6.07, 6.45) is 6.13. The summed E-state index contributed by atoms with van der Waals surface area (Å²) in [6, 6.07) is -2.46. The van der Waals surface area contributed by atoms with E-state index in [-0.39, 0.29) is 6.67 Å². The highest BCUT2D eigenvalue weighted by Crippen LogP contribution is 2.53. The van der Waals surface area contributed by atoms with E-state index in [0.29, 0.717) is 17.9 Å². The summed E-state index contributed by atoms with van der Waals surface area (Å²) < 4.78 is 11.8. The van der Waals surface area contributed by atoms with Gasteiger partial charge in [-0.25, -0.2) is 0 Å². The second-order valence-corrected chi connectivity index (χ2v) is 13.0. The Morgan fingerprint density at radius 1 is 1.07 bits per heavy atom. The number of rotatable bonds is 6. The van der Waals surface area contributed by atoms with Crippen molar-refractivity contribution in [1.29, 1.82) is 0 Å². The molecule has 0 aliphatic heterocycles. The van der Waals surface area contributed by atoms with E-state index < -0.39 is 6.00 Å². The van der Waals surface area contributed by atoms with E-state index in [9.17, 15) is 4.39 Å². The van der Waals surface area contributed by atoms with Crippen LogP contribution in [0.5, 0.6) is 0 Å². The van der Waals surface area contributed by atoms with Crippen LogP contribution in [0.4, 0.5) is 4.39 Å². The number of hydrogen-bond acceptors (Lipinski definition) is 0. The molecule has 1 aliphatic rings. The largest absolute Gasteiger partial charge is 0.344 e. The van der Waals surface area contributed by atoms with Gasteiger partial charge in [-0.15, -0.1) is 33.2 Å². The first-order valence-electron chi connectivity index (χ1n) is 5.18. The second kappa shape index (κ2) is 5.93. The summed E-state index contributed by atoms with van der Waals surface area (Å²) in [6.45, 7) is -0.201. The third kappa shape index (κ3) is 3.88. The SMILES string of the molecule is FCCCCCC1CCC1[Si](Cl)(Cl)Cl. The Kier molecular flexibility index (Phi) is 5.54. The van der Waals surface area contributed by atoms with Gasteiger partial charge in [-0.05, 0) is 24.3 Å². The van der Waals surface area contributed by atoms with E-state index in [1.54, 1.807) is 0 Å². The Morgan fingerprint density at radius 2 is 1.79 bits per heavy atom. The molecule has 0 amide bonds. The molecule has 0 bridgehead atoms. The van der Waals surface area contributed by atoms with Gasteiger partial charge in [0.15, 0.2) is 0 Å². The Hall–Kier alpha value is 1.02. The lowest BCUT2D eigenvalue weighted by Gasteiger charge is -2.39. The lowest BCUT2D eigenvalue weighted by atomic mass is 9.81. The molecular weight excluding hydrogens is 262 g/mol. The van der Waals surface area contributed by atoms with Gasteiger partial charge in [0, 0.05) is 0 Å². The first-order chi connectivity index (χ1) is 6.55. The summed E-state index contributed by atoms with van der Waals surface area (Å²) in [4.78, 5) is 0. The van der Waals surface area contributed by atoms with Crippen molar-refractivity contribution >= 4 is 39.2 Å². The lowest BCUT2D eigenvalue weighted by molar-refractivity contribution is 0.282. The van der Waals surface area contributed by atoms with Crippen LogP contribution < -0.4 is 0 Å². The van der Waals surface area contributed by atoms with Gasteiger partial charge in [0.25, 0.3) is 0 Å². The minimum atomic E-state index is -2.46. The molecule has 2 atom stereocenters. The van der Waals surface area contributed by atoms with E-state index in [4.69, 9.17) is 33.2 Å². The highest BCUT2D eigenvalue weighted by atomic mass is 35.8. The molecule has 2 unspecified atom stereocenters. The highest BCUT2D eigenvalue weighted by molar-refractivity contribution is 7.65. The van der Waals surface area contributed by atoms with Crippen molar-refractivity contribution in [2.75, 3.05) is 6.67 Å². The molecule has 1 rings (SSSR count). The fourth-order valence-corrected chi connectivity index (χ4v) is 5.97. The van der Waals surface area contributed by atoms with Gasteiger partial charge in [0.2, 0.25) is 0 Å². The first-order valence-corrected chi connectivity index (χ1v) is 10.3. The summed E-state index contributed by atoms with van der Waals surface area (Å²) in [5.41, 5.74) is 0.359. The van der Waals surface area contributed by atoms with Gasteiger partial charge in [0.05, 0.1) is 6.67 Å². The van der Waals surface area contributed by atoms with Crippen molar-refractivity contribution < 1.29 is 4.39 Å². The van der Waals surface area contributed by atoms with Crippen LogP contribution in [-0.4, -0.2) is 12.7 Å². The maximum Gasteiger partial charge on any atom is 0.344 e. The van der Waals surface area contributed by atoms with E-state index in [2.05, 4.69) is 0 Å². The van der Waals surface area contributed by atoms with Gasteiger partial charge in [-0.3, -0.25) is 4.39 Å². The molecule has 0 N–H and O–H groups in total. The molecule has 1 fully saturated rings. The molecule has 84 valence electrons. The molecule has 0 radical (unpaired) electrons. The number of halogens is 4. The van der Waals surface area contributed by atoms with Crippen LogP contribution in [0.25, 0.3) is 0 Å². The van der Waals surface area contributed by atoms with Crippen LogP contribution in [0, 0.1) is 5.92 Å². The van der Waals surface area contributed by atoms with Crippen molar-refractivity contribution in [2.45, 2.75) is 44.1 Å². The Morgan fingerprint density at radius 3 is 2.21 bits per heavy atom. The molecule has 5 heteroatoms. The van der Waals surface area contributed by atoms with Crippen LogP contribution in [-0.2, 0) is 0 Å². The summed E-state index contributed by atoms with van der Waals surface area (Å²) in [5.74, 6) is 0.605. The standard InChI is InChI=1S/C9H16Cl3FSi/c10-14(11,12)9-6-5-8(9)4-2-1-3-7-13/h8-9H,1-7H2. The minimum Gasteiger partial charge on any atom is -0.251 e. The molecule has 1 aliphatic carbocycles. The number of unbranched alkanes of at least 4 members (excludes halogenated alkanes) is 2. The number of hydrogen-bond donors (Lipinski definition) is 0. The van der Waals surface area contributed by atoms with Gasteiger partial charge in [-0.1, -0.05) is 25.7 Å². The maximum atomic E-state index is 11.8. The third-order valence-corrected chi connectivity index (χ3v) is 7.17. The molecule has 0 saturated heterocycles. The smallest absolute Gasteiger partial charge is 0.251 e. The molecule has 0 aromatic rings. The third-order valence-electron chi connectivity index (χ3n) is 3.05. The highest BCUT2D eigenvalue weighted by Gasteiger charge is 2.46. The fraction of sp³-hybridized carbons (Fsp3) is 1.00. The van der Waals surface area contributed by atoms with Crippen LogP contribution in [0.2, 0.25) is 5.54 Å². The Labute approximate surface area is 100 Å². The molecule has 0 nitrogen and oxygen atoms in total. The predicted molar refractivity (Wildman–Crippen MR) is 64.2 cm³/mol. The van der Waals surface area contributed by atoms with Crippen molar-refractivity contribution in [2.24, 2.45) is 5.92 Å². The van der Waals surface area contributed by atoms with Gasteiger partial charge < -0.3 is 0 Å². The lowest BCUT2D eigenvalue weighted by Crippen LogP contribution is -2.34. The summed E-state index contributed by atoms with van der Waals surface area (Å²) in [5, 5.41) is 0. The Balaban J connectivity index is 2.14. The van der Waals surface area contributed by atoms with Gasteiger partial charge >= 0.3 is 6.00 Å². The molecule has 1 saturated carbocycles. The zero-order valence-corrected chi connectivity index (χ0v) is 11.4. The van der Waals surface area contributed by atoms with E-state index in [1.807, 2.05) is 0 Å². The summed E-state index contributed by atoms with van der Waals surface area (Å²) >= 11 is 17.9. The normalized spacial score (nSPS) is 27.4. The zero-order chi connectivity index (χ0) is 10.6. The number of alkyl halides is 1. The summed E-state index contributed by atoms with van der Waals surface area (Å²) in [7, 11) is 0. The van der Waals surface area contributed by atoms with Crippen LogP contribution in [0.1, 0.15) is 38.5 Å². The van der Waals surface area contributed by atoms with Crippen LogP contribution >= 0.6 is 33.2 Å². The van der Waals surface area contributed by atoms with E-state index in [1.165, 1.54) is 6.42 Å². The molecule has 0 spiro atoms. The monoisotopic (exact) mass is 276 g/mol. The first kappa shape index (κ1) is 13.1. The van der Waals surface area contributed by atoms with Crippen molar-refractivity contribution in [1.82, 2.24) is 0 Å². The second-order valence-electron chi connectivity index (χ2n) is 4.02. The predicted octanol–water partition coefficient (Wildman–Crippen LogP) is 4.95. The quantitative estimate of drug-likeness (QED) is 0.366. The molecule has 0 aromatic heterocycles. The molecule has 0 aromatic carbocycles. The van der Waals surface area contributed by atoms with E-state index >= 15 is 0 Å². The van der Waals surface area contributed by atoms with Crippen molar-refractivity contribution in [3.05, 3.63) is 0 Å². The fourth-order valence-electron chi connectivity index (χ4n) is 2.02. The van der Waals surface area contributed by atoms with E-state index in [0.717, 1.165) is 25.7 Å². The average molecular weight is 278 g/mol. The van der Waals surface area contributed by atoms with Crippen molar-refractivity contribution in [3.8, 4) is 0 Å². The average Bonchev–Trinajstić information content (AvgIpc) is 1.98. The zero-order valence-electron chi connectivity index (χ0n) is 8.12. The van der Waals surface area contributed by atoms with Gasteiger partial charge in [-0.2, -0.15) is 0 Å². The van der Waals surface area contributed by atoms with Crippen LogP contribution in [0.3, 0.4) is 0 Å². The Bertz CT molecular complexity index is 172. The molecular formula is C9H16Cl3FSi. The minimum absolute atomic E-state index is 0.201. The maximum absolute atomic E-state index is 11.8. The molecule has 0 heterocycles. The topological polar surface area (TPSA) is 0 Å². The van der Waals surface area contributed by atoms with Crippen molar-refractivity contribution in [3.63, 3.8) is 0 Å². The van der Waals surface area contributed by atoms with Crippen LogP contribution in [0.15, 0.2) is 0 Å². The van der Waals surface area contributed by atoms with Gasteiger partial charge in [0.1, 0.15) is 0 Å². The molecule has 14 heavy (non-hydrogen) atoms.